The lowest BCUT2D eigenvalue weighted by Gasteiger charge is -2.13. The smallest absolute Gasteiger partial charge is 0.250 e. The number of rotatable bonds is 3. The molecular weight excluding hydrogens is 286 g/mol. The Morgan fingerprint density at radius 1 is 0.739 bits per heavy atom. The minimum absolute atomic E-state index is 0.318. The molecule has 3 aromatic rings. The Hall–Kier alpha value is -3.27. The van der Waals surface area contributed by atoms with Crippen LogP contribution in [-0.4, -0.2) is 5.91 Å². The predicted molar refractivity (Wildman–Crippen MR) is 94.7 cm³/mol. The number of benzene rings is 3. The van der Waals surface area contributed by atoms with Crippen molar-refractivity contribution in [2.24, 2.45) is 5.73 Å². The lowest BCUT2D eigenvalue weighted by atomic mass is 9.94. The molecule has 0 radical (unpaired) electrons. The summed E-state index contributed by atoms with van der Waals surface area (Å²) in [6, 6.07) is 20.8. The van der Waals surface area contributed by atoms with E-state index < -0.39 is 5.91 Å². The Morgan fingerprint density at radius 2 is 1.39 bits per heavy atom. The number of nitrogens with two attached hydrogens (primary N) is 3. The van der Waals surface area contributed by atoms with E-state index in [2.05, 4.69) is 0 Å². The molecule has 23 heavy (non-hydrogen) atoms. The van der Waals surface area contributed by atoms with Crippen LogP contribution in [0.4, 0.5) is 11.4 Å². The largest absolute Gasteiger partial charge is 0.399 e. The number of carbonyl (C=O) groups is 1. The molecule has 0 aromatic heterocycles. The molecule has 0 bridgehead atoms. The number of carbonyl (C=O) groups excluding carboxylic acids is 1. The van der Waals surface area contributed by atoms with E-state index in [9.17, 15) is 4.79 Å². The molecule has 0 aliphatic carbocycles. The van der Waals surface area contributed by atoms with Crippen molar-refractivity contribution in [2.45, 2.75) is 0 Å². The maximum absolute atomic E-state index is 11.8. The van der Waals surface area contributed by atoms with Crippen molar-refractivity contribution in [1.29, 1.82) is 0 Å². The topological polar surface area (TPSA) is 95.1 Å². The van der Waals surface area contributed by atoms with Crippen molar-refractivity contribution in [2.75, 3.05) is 11.5 Å². The van der Waals surface area contributed by atoms with E-state index in [4.69, 9.17) is 17.2 Å². The first-order valence-electron chi connectivity index (χ1n) is 7.21. The summed E-state index contributed by atoms with van der Waals surface area (Å²) in [6.07, 6.45) is 0. The molecule has 0 saturated heterocycles. The van der Waals surface area contributed by atoms with Crippen molar-refractivity contribution in [1.82, 2.24) is 0 Å². The molecule has 1 amide bonds. The Labute approximate surface area is 134 Å². The zero-order valence-corrected chi connectivity index (χ0v) is 12.5. The molecule has 0 heterocycles. The predicted octanol–water partition coefficient (Wildman–Crippen LogP) is 3.28. The first-order valence-corrected chi connectivity index (χ1v) is 7.21. The average Bonchev–Trinajstić information content (AvgIpc) is 2.56. The summed E-state index contributed by atoms with van der Waals surface area (Å²) in [5.41, 5.74) is 22.3. The van der Waals surface area contributed by atoms with Gasteiger partial charge in [0.25, 0.3) is 5.91 Å². The molecule has 4 nitrogen and oxygen atoms in total. The second-order valence-electron chi connectivity index (χ2n) is 5.34. The third-order valence-corrected chi connectivity index (χ3v) is 3.77. The van der Waals surface area contributed by atoms with Gasteiger partial charge in [0.15, 0.2) is 0 Å². The van der Waals surface area contributed by atoms with E-state index >= 15 is 0 Å². The van der Waals surface area contributed by atoms with Crippen LogP contribution in [0.5, 0.6) is 0 Å². The number of hydrogen-bond acceptors (Lipinski definition) is 3. The van der Waals surface area contributed by atoms with Crippen LogP contribution in [0.15, 0.2) is 66.7 Å². The average molecular weight is 303 g/mol. The lowest BCUT2D eigenvalue weighted by Crippen LogP contribution is -2.14. The standard InChI is InChI=1S/C19H17N3O/c20-15-8-6-13(7-9-15)16-10-14(12-4-2-1-3-5-12)11-17(18(16)21)19(22)23/h1-11H,20-21H2,(H2,22,23). The van der Waals surface area contributed by atoms with Crippen LogP contribution in [0.2, 0.25) is 0 Å². The summed E-state index contributed by atoms with van der Waals surface area (Å²) >= 11 is 0. The highest BCUT2D eigenvalue weighted by atomic mass is 16.1. The number of amides is 1. The van der Waals surface area contributed by atoms with Gasteiger partial charge in [-0.2, -0.15) is 0 Å². The first-order chi connectivity index (χ1) is 11.1. The molecule has 0 aliphatic heterocycles. The van der Waals surface area contributed by atoms with E-state index in [1.54, 1.807) is 18.2 Å². The zero-order chi connectivity index (χ0) is 16.4. The molecule has 4 heteroatoms. The second kappa shape index (κ2) is 5.85. The number of primary amides is 1. The summed E-state index contributed by atoms with van der Waals surface area (Å²) in [5, 5.41) is 0. The van der Waals surface area contributed by atoms with Crippen molar-refractivity contribution >= 4 is 17.3 Å². The van der Waals surface area contributed by atoms with Crippen LogP contribution in [0.3, 0.4) is 0 Å². The second-order valence-corrected chi connectivity index (χ2v) is 5.34. The van der Waals surface area contributed by atoms with Crippen LogP contribution >= 0.6 is 0 Å². The molecular formula is C19H17N3O. The molecule has 3 aromatic carbocycles. The minimum atomic E-state index is -0.544. The van der Waals surface area contributed by atoms with Crippen molar-refractivity contribution in [3.63, 3.8) is 0 Å². The molecule has 114 valence electrons. The third-order valence-electron chi connectivity index (χ3n) is 3.77. The highest BCUT2D eigenvalue weighted by Crippen LogP contribution is 2.34. The monoisotopic (exact) mass is 303 g/mol. The molecule has 0 fully saturated rings. The van der Waals surface area contributed by atoms with Crippen molar-refractivity contribution < 1.29 is 4.79 Å². The Bertz CT molecular complexity index is 856. The molecule has 0 unspecified atom stereocenters. The maximum atomic E-state index is 11.8. The molecule has 0 saturated carbocycles. The van der Waals surface area contributed by atoms with Gasteiger partial charge in [0.2, 0.25) is 0 Å². The summed E-state index contributed by atoms with van der Waals surface area (Å²) in [7, 11) is 0. The zero-order valence-electron chi connectivity index (χ0n) is 12.5. The Morgan fingerprint density at radius 3 is 2.00 bits per heavy atom. The normalized spacial score (nSPS) is 10.4. The van der Waals surface area contributed by atoms with E-state index in [1.807, 2.05) is 48.5 Å². The fourth-order valence-electron chi connectivity index (χ4n) is 2.56. The summed E-state index contributed by atoms with van der Waals surface area (Å²) in [5.74, 6) is -0.544. The first kappa shape index (κ1) is 14.7. The van der Waals surface area contributed by atoms with Crippen molar-refractivity contribution in [3.05, 3.63) is 72.3 Å². The lowest BCUT2D eigenvalue weighted by molar-refractivity contribution is 0.100. The van der Waals surface area contributed by atoms with Gasteiger partial charge >= 0.3 is 0 Å². The van der Waals surface area contributed by atoms with Gasteiger partial charge in [-0.05, 0) is 41.0 Å². The summed E-state index contributed by atoms with van der Waals surface area (Å²) < 4.78 is 0. The van der Waals surface area contributed by atoms with Crippen molar-refractivity contribution in [3.8, 4) is 22.3 Å². The summed E-state index contributed by atoms with van der Waals surface area (Å²) in [4.78, 5) is 11.8. The fraction of sp³-hybridized carbons (Fsp3) is 0. The van der Waals surface area contributed by atoms with E-state index in [-0.39, 0.29) is 0 Å². The van der Waals surface area contributed by atoms with Gasteiger partial charge < -0.3 is 17.2 Å². The van der Waals surface area contributed by atoms with Gasteiger partial charge in [0.1, 0.15) is 0 Å². The number of hydrogen-bond donors (Lipinski definition) is 3. The van der Waals surface area contributed by atoms with Crippen LogP contribution in [0, 0.1) is 0 Å². The van der Waals surface area contributed by atoms with Gasteiger partial charge in [-0.15, -0.1) is 0 Å². The molecule has 3 rings (SSSR count). The quantitative estimate of drug-likeness (QED) is 0.648. The van der Waals surface area contributed by atoms with Gasteiger partial charge in [-0.3, -0.25) is 4.79 Å². The number of anilines is 2. The third kappa shape index (κ3) is 2.87. The van der Waals surface area contributed by atoms with E-state index in [1.165, 1.54) is 0 Å². The van der Waals surface area contributed by atoms with E-state index in [0.717, 1.165) is 22.3 Å². The van der Waals surface area contributed by atoms with Gasteiger partial charge in [-0.1, -0.05) is 42.5 Å². The maximum Gasteiger partial charge on any atom is 0.250 e. The Kier molecular flexibility index (Phi) is 3.73. The SMILES string of the molecule is NC(=O)c1cc(-c2ccccc2)cc(-c2ccc(N)cc2)c1N. The molecule has 0 aliphatic rings. The fourth-order valence-corrected chi connectivity index (χ4v) is 2.56. The molecule has 0 spiro atoms. The van der Waals surface area contributed by atoms with Gasteiger partial charge in [0, 0.05) is 11.3 Å². The van der Waals surface area contributed by atoms with Crippen LogP contribution < -0.4 is 17.2 Å². The van der Waals surface area contributed by atoms with Crippen LogP contribution in [-0.2, 0) is 0 Å². The summed E-state index contributed by atoms with van der Waals surface area (Å²) in [6.45, 7) is 0. The molecule has 0 atom stereocenters. The van der Waals surface area contributed by atoms with Crippen LogP contribution in [0.1, 0.15) is 10.4 Å². The van der Waals surface area contributed by atoms with Crippen LogP contribution in [0.25, 0.3) is 22.3 Å². The molecule has 6 N–H and O–H groups in total. The van der Waals surface area contributed by atoms with Gasteiger partial charge in [-0.25, -0.2) is 0 Å². The van der Waals surface area contributed by atoms with E-state index in [0.29, 0.717) is 16.9 Å². The Balaban J connectivity index is 2.24. The minimum Gasteiger partial charge on any atom is -0.399 e. The van der Waals surface area contributed by atoms with Gasteiger partial charge in [0.05, 0.1) is 11.3 Å². The highest BCUT2D eigenvalue weighted by molar-refractivity contribution is 6.03. The highest BCUT2D eigenvalue weighted by Gasteiger charge is 2.14. The number of nitrogen functional groups attached to an aromatic ring is 2.